The zero-order valence-electron chi connectivity index (χ0n) is 9.05. The average Bonchev–Trinajstić information content (AvgIpc) is 2.25. The Balaban J connectivity index is 2.91. The van der Waals surface area contributed by atoms with E-state index in [0.29, 0.717) is 0 Å². The van der Waals surface area contributed by atoms with Crippen LogP contribution >= 0.6 is 11.8 Å². The molecule has 0 heterocycles. The van der Waals surface area contributed by atoms with Gasteiger partial charge < -0.3 is 5.32 Å². The van der Waals surface area contributed by atoms with E-state index >= 15 is 0 Å². The van der Waals surface area contributed by atoms with Crippen LogP contribution in [0.3, 0.4) is 0 Å². The third-order valence-electron chi connectivity index (χ3n) is 2.02. The standard InChI is InChI=1S/C11H12F2N2S/c1-7(6-16-2)15-9-4-3-8(5-14)10(12)11(9)13/h3-4,7,15H,6H2,1-2H3. The molecule has 0 fully saturated rings. The number of nitrogens with zero attached hydrogens (tertiary/aromatic N) is 1. The van der Waals surface area contributed by atoms with E-state index < -0.39 is 11.6 Å². The van der Waals surface area contributed by atoms with Gasteiger partial charge in [-0.1, -0.05) is 0 Å². The van der Waals surface area contributed by atoms with E-state index in [1.54, 1.807) is 17.8 Å². The van der Waals surface area contributed by atoms with Gasteiger partial charge in [-0.25, -0.2) is 8.78 Å². The van der Waals surface area contributed by atoms with E-state index in [-0.39, 0.29) is 17.3 Å². The van der Waals surface area contributed by atoms with Crippen molar-refractivity contribution in [3.05, 3.63) is 29.3 Å². The van der Waals surface area contributed by atoms with Crippen LogP contribution in [-0.4, -0.2) is 18.1 Å². The minimum absolute atomic E-state index is 0.0387. The second kappa shape index (κ2) is 5.71. The lowest BCUT2D eigenvalue weighted by Crippen LogP contribution is -2.19. The van der Waals surface area contributed by atoms with E-state index in [1.807, 2.05) is 13.2 Å². The Morgan fingerprint density at radius 1 is 1.44 bits per heavy atom. The molecule has 0 aliphatic carbocycles. The number of hydrogen-bond acceptors (Lipinski definition) is 3. The molecule has 1 rings (SSSR count). The number of benzene rings is 1. The fourth-order valence-corrected chi connectivity index (χ4v) is 1.89. The smallest absolute Gasteiger partial charge is 0.183 e. The fraction of sp³-hybridized carbons (Fsp3) is 0.364. The van der Waals surface area contributed by atoms with Crippen molar-refractivity contribution < 1.29 is 8.78 Å². The van der Waals surface area contributed by atoms with Gasteiger partial charge >= 0.3 is 0 Å². The third-order valence-corrected chi connectivity index (χ3v) is 2.85. The first-order valence-corrected chi connectivity index (χ1v) is 6.13. The molecule has 1 unspecified atom stereocenters. The molecule has 0 aromatic heterocycles. The maximum absolute atomic E-state index is 13.5. The lowest BCUT2D eigenvalue weighted by Gasteiger charge is -2.14. The number of thioether (sulfide) groups is 1. The lowest BCUT2D eigenvalue weighted by atomic mass is 10.2. The fourth-order valence-electron chi connectivity index (χ4n) is 1.30. The summed E-state index contributed by atoms with van der Waals surface area (Å²) in [5.74, 6) is -1.29. The first kappa shape index (κ1) is 12.8. The molecule has 0 saturated heterocycles. The quantitative estimate of drug-likeness (QED) is 0.881. The Bertz CT molecular complexity index is 415. The summed E-state index contributed by atoms with van der Waals surface area (Å²) in [6.07, 6.45) is 1.94. The van der Waals surface area contributed by atoms with Crippen LogP contribution in [0.1, 0.15) is 12.5 Å². The molecule has 86 valence electrons. The molecule has 0 spiro atoms. The predicted octanol–water partition coefficient (Wildman–Crippen LogP) is 3.00. The molecule has 1 N–H and O–H groups in total. The third kappa shape index (κ3) is 2.86. The number of nitrogens with one attached hydrogen (secondary N) is 1. The molecule has 1 atom stereocenters. The van der Waals surface area contributed by atoms with E-state index in [9.17, 15) is 8.78 Å². The van der Waals surface area contributed by atoms with E-state index in [2.05, 4.69) is 5.32 Å². The summed E-state index contributed by atoms with van der Waals surface area (Å²) < 4.78 is 26.7. The minimum Gasteiger partial charge on any atom is -0.379 e. The average molecular weight is 242 g/mol. The van der Waals surface area contributed by atoms with E-state index in [1.165, 1.54) is 12.1 Å². The predicted molar refractivity (Wildman–Crippen MR) is 62.5 cm³/mol. The summed E-state index contributed by atoms with van der Waals surface area (Å²) in [5.41, 5.74) is -0.182. The molecule has 0 amide bonds. The van der Waals surface area contributed by atoms with Crippen LogP contribution in [0.2, 0.25) is 0 Å². The van der Waals surface area contributed by atoms with Crippen molar-refractivity contribution in [2.45, 2.75) is 13.0 Å². The maximum atomic E-state index is 13.5. The van der Waals surface area contributed by atoms with Gasteiger partial charge in [-0.05, 0) is 25.3 Å². The van der Waals surface area contributed by atoms with Gasteiger partial charge in [0, 0.05) is 11.8 Å². The molecule has 0 radical (unpaired) electrons. The van der Waals surface area contributed by atoms with Crippen LogP contribution in [0.4, 0.5) is 14.5 Å². The normalized spacial score (nSPS) is 11.9. The second-order valence-electron chi connectivity index (χ2n) is 3.40. The summed E-state index contributed by atoms with van der Waals surface area (Å²) in [6, 6.07) is 4.29. The monoisotopic (exact) mass is 242 g/mol. The first-order chi connectivity index (χ1) is 7.60. The maximum Gasteiger partial charge on any atom is 0.183 e. The van der Waals surface area contributed by atoms with Crippen molar-refractivity contribution in [3.63, 3.8) is 0 Å². The van der Waals surface area contributed by atoms with Gasteiger partial charge in [0.2, 0.25) is 0 Å². The molecule has 5 heteroatoms. The highest BCUT2D eigenvalue weighted by Crippen LogP contribution is 2.21. The van der Waals surface area contributed by atoms with Crippen LogP contribution in [-0.2, 0) is 0 Å². The van der Waals surface area contributed by atoms with Gasteiger partial charge in [-0.15, -0.1) is 0 Å². The Morgan fingerprint density at radius 2 is 2.12 bits per heavy atom. The van der Waals surface area contributed by atoms with Crippen LogP contribution in [0.5, 0.6) is 0 Å². The van der Waals surface area contributed by atoms with Crippen LogP contribution in [0, 0.1) is 23.0 Å². The van der Waals surface area contributed by atoms with Crippen molar-refractivity contribution in [2.75, 3.05) is 17.3 Å². The molecule has 2 nitrogen and oxygen atoms in total. The molecular formula is C11H12F2N2S. The number of halogens is 2. The highest BCUT2D eigenvalue weighted by Gasteiger charge is 2.14. The first-order valence-electron chi connectivity index (χ1n) is 4.73. The zero-order valence-corrected chi connectivity index (χ0v) is 9.87. The highest BCUT2D eigenvalue weighted by atomic mass is 32.2. The SMILES string of the molecule is CSCC(C)Nc1ccc(C#N)c(F)c1F. The van der Waals surface area contributed by atoms with E-state index in [4.69, 9.17) is 5.26 Å². The van der Waals surface area contributed by atoms with Gasteiger partial charge in [0.25, 0.3) is 0 Å². The Hall–Kier alpha value is -1.28. The Labute approximate surface area is 97.7 Å². The molecule has 0 aliphatic heterocycles. The summed E-state index contributed by atoms with van der Waals surface area (Å²) in [5, 5.41) is 11.4. The topological polar surface area (TPSA) is 35.8 Å². The summed E-state index contributed by atoms with van der Waals surface area (Å²) in [4.78, 5) is 0. The number of hydrogen-bond donors (Lipinski definition) is 1. The molecule has 0 aliphatic rings. The van der Waals surface area contributed by atoms with Crippen LogP contribution in [0.25, 0.3) is 0 Å². The Kier molecular flexibility index (Phi) is 4.56. The van der Waals surface area contributed by atoms with Gasteiger partial charge in [-0.2, -0.15) is 17.0 Å². The zero-order chi connectivity index (χ0) is 12.1. The highest BCUT2D eigenvalue weighted by molar-refractivity contribution is 7.98. The van der Waals surface area contributed by atoms with Gasteiger partial charge in [0.1, 0.15) is 6.07 Å². The summed E-state index contributed by atoms with van der Waals surface area (Å²) >= 11 is 1.62. The Morgan fingerprint density at radius 3 is 2.69 bits per heavy atom. The van der Waals surface area contributed by atoms with Crippen molar-refractivity contribution >= 4 is 17.4 Å². The van der Waals surface area contributed by atoms with Crippen molar-refractivity contribution in [1.82, 2.24) is 0 Å². The minimum atomic E-state index is -1.09. The van der Waals surface area contributed by atoms with Crippen LogP contribution in [0.15, 0.2) is 12.1 Å². The number of nitriles is 1. The van der Waals surface area contributed by atoms with Gasteiger partial charge in [-0.3, -0.25) is 0 Å². The van der Waals surface area contributed by atoms with E-state index in [0.717, 1.165) is 5.75 Å². The molecule has 0 bridgehead atoms. The number of rotatable bonds is 4. The van der Waals surface area contributed by atoms with Crippen LogP contribution < -0.4 is 5.32 Å². The van der Waals surface area contributed by atoms with Gasteiger partial charge in [0.05, 0.1) is 11.3 Å². The van der Waals surface area contributed by atoms with Crippen molar-refractivity contribution in [2.24, 2.45) is 0 Å². The molecule has 16 heavy (non-hydrogen) atoms. The van der Waals surface area contributed by atoms with Crippen molar-refractivity contribution in [1.29, 1.82) is 5.26 Å². The van der Waals surface area contributed by atoms with Gasteiger partial charge in [0.15, 0.2) is 11.6 Å². The molecule has 0 saturated carbocycles. The molecular weight excluding hydrogens is 230 g/mol. The second-order valence-corrected chi connectivity index (χ2v) is 4.31. The lowest BCUT2D eigenvalue weighted by molar-refractivity contribution is 0.508. The van der Waals surface area contributed by atoms with Crippen molar-refractivity contribution in [3.8, 4) is 6.07 Å². The number of anilines is 1. The summed E-state index contributed by atoms with van der Waals surface area (Å²) in [6.45, 7) is 1.88. The molecule has 1 aromatic carbocycles. The molecule has 1 aromatic rings. The summed E-state index contributed by atoms with van der Waals surface area (Å²) in [7, 11) is 0. The largest absolute Gasteiger partial charge is 0.379 e.